The zero-order valence-corrected chi connectivity index (χ0v) is 17.8. The van der Waals surface area contributed by atoms with E-state index in [0.29, 0.717) is 17.0 Å². The number of carbonyl (C=O) groups is 1. The highest BCUT2D eigenvalue weighted by Crippen LogP contribution is 2.29. The molecule has 7 heteroatoms. The first kappa shape index (κ1) is 20.2. The molecule has 0 saturated carbocycles. The molecule has 0 fully saturated rings. The van der Waals surface area contributed by atoms with Crippen LogP contribution in [0, 0.1) is 12.7 Å². The van der Waals surface area contributed by atoms with Crippen molar-refractivity contribution in [2.75, 3.05) is 5.32 Å². The van der Waals surface area contributed by atoms with Crippen LogP contribution in [0.4, 0.5) is 10.3 Å². The predicted molar refractivity (Wildman–Crippen MR) is 120 cm³/mol. The van der Waals surface area contributed by atoms with E-state index in [0.717, 1.165) is 49.3 Å². The summed E-state index contributed by atoms with van der Waals surface area (Å²) < 4.78 is 21.0. The molecular formula is C25H23FN4O2. The Bertz CT molecular complexity index is 1270. The normalized spacial score (nSPS) is 13.4. The summed E-state index contributed by atoms with van der Waals surface area (Å²) in [6.45, 7) is 2.88. The third-order valence-corrected chi connectivity index (χ3v) is 5.76. The van der Waals surface area contributed by atoms with E-state index in [-0.39, 0.29) is 17.6 Å². The second-order valence-electron chi connectivity index (χ2n) is 8.10. The molecule has 6 nitrogen and oxygen atoms in total. The van der Waals surface area contributed by atoms with Gasteiger partial charge in [0.15, 0.2) is 5.69 Å². The smallest absolute Gasteiger partial charge is 0.278 e. The van der Waals surface area contributed by atoms with Crippen LogP contribution in [-0.2, 0) is 13.0 Å². The number of benzene rings is 2. The Hall–Kier alpha value is -3.74. The van der Waals surface area contributed by atoms with Gasteiger partial charge in [-0.3, -0.25) is 10.1 Å². The summed E-state index contributed by atoms with van der Waals surface area (Å²) in [6, 6.07) is 15.8. The lowest BCUT2D eigenvalue weighted by atomic mass is 10.1. The molecule has 1 N–H and O–H groups in total. The summed E-state index contributed by atoms with van der Waals surface area (Å²) in [4.78, 5) is 17.9. The SMILES string of the molecule is Cc1ccc(-c2nc(C(=O)Nc3cc(-c4cccc(F)c4)no3)c3n2CCCCC3)cc1. The molecular weight excluding hydrogens is 407 g/mol. The molecule has 32 heavy (non-hydrogen) atoms. The minimum Gasteiger partial charge on any atom is -0.338 e. The summed E-state index contributed by atoms with van der Waals surface area (Å²) in [5, 5.41) is 6.73. The number of amides is 1. The van der Waals surface area contributed by atoms with Gasteiger partial charge in [-0.25, -0.2) is 9.37 Å². The van der Waals surface area contributed by atoms with Crippen LogP contribution in [0.3, 0.4) is 0 Å². The van der Waals surface area contributed by atoms with E-state index in [4.69, 9.17) is 9.51 Å². The van der Waals surface area contributed by atoms with Gasteiger partial charge in [0.2, 0.25) is 5.88 Å². The summed E-state index contributed by atoms with van der Waals surface area (Å²) in [7, 11) is 0. The molecule has 0 saturated heterocycles. The molecule has 0 bridgehead atoms. The van der Waals surface area contributed by atoms with Gasteiger partial charge in [0.25, 0.3) is 5.91 Å². The van der Waals surface area contributed by atoms with Crippen LogP contribution >= 0.6 is 0 Å². The Labute approximate surface area is 185 Å². The van der Waals surface area contributed by atoms with Crippen LogP contribution in [-0.4, -0.2) is 20.6 Å². The minimum atomic E-state index is -0.361. The number of nitrogens with one attached hydrogen (secondary N) is 1. The van der Waals surface area contributed by atoms with Crippen molar-refractivity contribution in [3.05, 3.63) is 77.4 Å². The van der Waals surface area contributed by atoms with Crippen molar-refractivity contribution in [1.82, 2.24) is 14.7 Å². The van der Waals surface area contributed by atoms with Gasteiger partial charge >= 0.3 is 0 Å². The van der Waals surface area contributed by atoms with E-state index in [2.05, 4.69) is 27.2 Å². The summed E-state index contributed by atoms with van der Waals surface area (Å²) in [5.41, 5.74) is 4.54. The van der Waals surface area contributed by atoms with E-state index < -0.39 is 0 Å². The second-order valence-corrected chi connectivity index (χ2v) is 8.10. The molecule has 0 spiro atoms. The lowest BCUT2D eigenvalue weighted by Gasteiger charge is -2.09. The van der Waals surface area contributed by atoms with Crippen molar-refractivity contribution < 1.29 is 13.7 Å². The van der Waals surface area contributed by atoms with Crippen molar-refractivity contribution in [2.24, 2.45) is 0 Å². The maximum absolute atomic E-state index is 13.5. The molecule has 162 valence electrons. The van der Waals surface area contributed by atoms with Crippen molar-refractivity contribution in [3.63, 3.8) is 0 Å². The molecule has 1 amide bonds. The number of hydrogen-bond acceptors (Lipinski definition) is 4. The Morgan fingerprint density at radius 3 is 2.72 bits per heavy atom. The van der Waals surface area contributed by atoms with Crippen LogP contribution in [0.5, 0.6) is 0 Å². The highest BCUT2D eigenvalue weighted by Gasteiger charge is 2.25. The molecule has 0 radical (unpaired) electrons. The standard InChI is InChI=1S/C25H23FN4O2/c1-16-9-11-17(12-10-16)24-28-23(21-8-3-2-4-13-30(21)24)25(31)27-22-15-20(29-32-22)18-6-5-7-19(26)14-18/h5-7,9-12,14-15H,2-4,8,13H2,1H3,(H,27,31). The van der Waals surface area contributed by atoms with Crippen molar-refractivity contribution >= 4 is 11.8 Å². The summed E-state index contributed by atoms with van der Waals surface area (Å²) >= 11 is 0. The zero-order chi connectivity index (χ0) is 22.1. The number of hydrogen-bond donors (Lipinski definition) is 1. The van der Waals surface area contributed by atoms with Crippen LogP contribution in [0.1, 0.15) is 41.0 Å². The van der Waals surface area contributed by atoms with Gasteiger partial charge < -0.3 is 9.09 Å². The van der Waals surface area contributed by atoms with Crippen LogP contribution in [0.15, 0.2) is 59.1 Å². The van der Waals surface area contributed by atoms with Gasteiger partial charge in [0.1, 0.15) is 17.3 Å². The first-order valence-electron chi connectivity index (χ1n) is 10.8. The Balaban J connectivity index is 1.45. The molecule has 3 heterocycles. The maximum Gasteiger partial charge on any atom is 0.278 e. The lowest BCUT2D eigenvalue weighted by Crippen LogP contribution is -2.15. The monoisotopic (exact) mass is 430 g/mol. The van der Waals surface area contributed by atoms with E-state index >= 15 is 0 Å². The number of aromatic nitrogens is 3. The number of nitrogens with zero attached hydrogens (tertiary/aromatic N) is 3. The number of halogens is 1. The fourth-order valence-electron chi connectivity index (χ4n) is 4.11. The maximum atomic E-state index is 13.5. The fraction of sp³-hybridized carbons (Fsp3) is 0.240. The van der Waals surface area contributed by atoms with E-state index in [1.54, 1.807) is 18.2 Å². The van der Waals surface area contributed by atoms with Gasteiger partial charge in [-0.15, -0.1) is 0 Å². The van der Waals surface area contributed by atoms with Crippen LogP contribution < -0.4 is 5.32 Å². The molecule has 1 aliphatic heterocycles. The van der Waals surface area contributed by atoms with Gasteiger partial charge in [-0.2, -0.15) is 0 Å². The molecule has 0 atom stereocenters. The highest BCUT2D eigenvalue weighted by atomic mass is 19.1. The number of aryl methyl sites for hydroxylation is 1. The highest BCUT2D eigenvalue weighted by molar-refractivity contribution is 6.03. The summed E-state index contributed by atoms with van der Waals surface area (Å²) in [5.74, 6) is 0.308. The van der Waals surface area contributed by atoms with Crippen LogP contribution in [0.25, 0.3) is 22.6 Å². The van der Waals surface area contributed by atoms with E-state index in [1.807, 2.05) is 19.1 Å². The van der Waals surface area contributed by atoms with Crippen LogP contribution in [0.2, 0.25) is 0 Å². The number of anilines is 1. The molecule has 2 aromatic heterocycles. The summed E-state index contributed by atoms with van der Waals surface area (Å²) in [6.07, 6.45) is 4.00. The number of imidazole rings is 1. The number of carbonyl (C=O) groups excluding carboxylic acids is 1. The topological polar surface area (TPSA) is 73.0 Å². The molecule has 0 unspecified atom stereocenters. The van der Waals surface area contributed by atoms with Crippen molar-refractivity contribution in [1.29, 1.82) is 0 Å². The van der Waals surface area contributed by atoms with Gasteiger partial charge in [0.05, 0.1) is 5.69 Å². The molecule has 4 aromatic rings. The van der Waals surface area contributed by atoms with Gasteiger partial charge in [-0.1, -0.05) is 53.5 Å². The number of fused-ring (bicyclic) bond motifs is 1. The molecule has 1 aliphatic rings. The third kappa shape index (κ3) is 3.93. The molecule has 5 rings (SSSR count). The Morgan fingerprint density at radius 1 is 1.06 bits per heavy atom. The lowest BCUT2D eigenvalue weighted by molar-refractivity contribution is 0.101. The molecule has 2 aromatic carbocycles. The second kappa shape index (κ2) is 8.42. The van der Waals surface area contributed by atoms with E-state index in [1.165, 1.54) is 17.7 Å². The van der Waals surface area contributed by atoms with Crippen molar-refractivity contribution in [3.8, 4) is 22.6 Å². The average molecular weight is 430 g/mol. The predicted octanol–water partition coefficient (Wildman–Crippen LogP) is 5.63. The quantitative estimate of drug-likeness (QED) is 0.455. The Morgan fingerprint density at radius 2 is 1.91 bits per heavy atom. The number of rotatable bonds is 4. The van der Waals surface area contributed by atoms with Gasteiger partial charge in [-0.05, 0) is 38.3 Å². The zero-order valence-electron chi connectivity index (χ0n) is 17.8. The molecule has 0 aliphatic carbocycles. The third-order valence-electron chi connectivity index (χ3n) is 5.76. The largest absolute Gasteiger partial charge is 0.338 e. The van der Waals surface area contributed by atoms with Crippen molar-refractivity contribution in [2.45, 2.75) is 39.2 Å². The van der Waals surface area contributed by atoms with E-state index in [9.17, 15) is 9.18 Å². The van der Waals surface area contributed by atoms with Gasteiger partial charge in [0, 0.05) is 23.7 Å². The first-order valence-corrected chi connectivity index (χ1v) is 10.8. The minimum absolute atomic E-state index is 0.196. The average Bonchev–Trinajstić information content (AvgIpc) is 3.32. The first-order chi connectivity index (χ1) is 15.6. The Kier molecular flexibility index (Phi) is 5.31. The fourth-order valence-corrected chi connectivity index (χ4v) is 4.11.